The molecule has 4 aliphatic rings. The fourth-order valence-corrected chi connectivity index (χ4v) is 9.41. The van der Waals surface area contributed by atoms with Crippen molar-refractivity contribution in [1.29, 1.82) is 0 Å². The summed E-state index contributed by atoms with van der Waals surface area (Å²) in [6.45, 7) is 3.35. The van der Waals surface area contributed by atoms with E-state index in [2.05, 4.69) is 33.4 Å². The number of nitrogens with zero attached hydrogens (tertiary/aromatic N) is 1. The number of piperidine rings is 3. The number of hydrogen-bond acceptors (Lipinski definition) is 9. The number of hydrogen-bond donors (Lipinski definition) is 5. The Balaban J connectivity index is 1.07. The van der Waals surface area contributed by atoms with E-state index in [1.165, 1.54) is 25.3 Å². The molecule has 4 fully saturated rings. The molecule has 1 aliphatic carbocycles. The van der Waals surface area contributed by atoms with Gasteiger partial charge in [-0.05, 0) is 104 Å². The van der Waals surface area contributed by atoms with Crippen LogP contribution in [0.2, 0.25) is 5.02 Å². The predicted octanol–water partition coefficient (Wildman–Crippen LogP) is 6.43. The largest absolute Gasteiger partial charge is 0.506 e. The van der Waals surface area contributed by atoms with Gasteiger partial charge < -0.3 is 35.1 Å². The number of carbonyl (C=O) groups excluding carboxylic acids is 1. The Kier molecular flexibility index (Phi) is 11.8. The van der Waals surface area contributed by atoms with Gasteiger partial charge in [-0.3, -0.25) is 14.5 Å². The molecule has 0 amide bonds. The van der Waals surface area contributed by atoms with Crippen molar-refractivity contribution >= 4 is 34.4 Å². The molecule has 292 valence electrons. The van der Waals surface area contributed by atoms with E-state index in [-0.39, 0.29) is 52.6 Å². The Morgan fingerprint density at radius 2 is 1.82 bits per heavy atom. The van der Waals surface area contributed by atoms with Crippen molar-refractivity contribution in [3.8, 4) is 11.5 Å². The molecule has 3 aliphatic heterocycles. The van der Waals surface area contributed by atoms with Crippen molar-refractivity contribution < 1.29 is 34.4 Å². The van der Waals surface area contributed by atoms with Gasteiger partial charge in [0.2, 0.25) is 5.56 Å². The normalized spacial score (nSPS) is 21.0. The number of aromatic nitrogens is 1. The molecule has 4 heterocycles. The molecule has 0 radical (unpaired) electrons. The van der Waals surface area contributed by atoms with E-state index in [1.54, 1.807) is 12.1 Å². The van der Waals surface area contributed by atoms with Crippen molar-refractivity contribution in [1.82, 2.24) is 15.2 Å². The number of H-pyrrole nitrogens is 1. The molecule has 2 atom stereocenters. The van der Waals surface area contributed by atoms with Crippen molar-refractivity contribution in [2.45, 2.75) is 88.4 Å². The number of rotatable bonds is 14. The molecule has 8 rings (SSSR count). The molecule has 3 saturated heterocycles. The van der Waals surface area contributed by atoms with Crippen LogP contribution in [0.4, 0.5) is 0 Å². The number of benzene rings is 3. The number of carbonyl (C=O) groups is 2. The molecule has 12 heteroatoms. The van der Waals surface area contributed by atoms with Crippen LogP contribution in [0, 0.1) is 5.92 Å². The van der Waals surface area contributed by atoms with Crippen molar-refractivity contribution in [3.63, 3.8) is 0 Å². The lowest BCUT2D eigenvalue weighted by Crippen LogP contribution is -2.53. The second kappa shape index (κ2) is 16.8. The van der Waals surface area contributed by atoms with Gasteiger partial charge in [-0.25, -0.2) is 4.79 Å². The molecular weight excluding hydrogens is 722 g/mol. The number of aromatic amines is 1. The van der Waals surface area contributed by atoms with Crippen LogP contribution in [-0.2, 0) is 34.3 Å². The summed E-state index contributed by atoms with van der Waals surface area (Å²) in [4.78, 5) is 43.3. The standard InChI is InChI=1S/C43H50ClN3O8/c1-54-36-22-32(41(51)52)39(44)30(33(36)23-45-24-35(49)29-11-13-34(48)40-31(29)12-14-38(50)46-40)10-6-8-26-7-5-9-28(21-26)43(17-3-2-4-18-43)42(53)55-37-25-47-19-15-27(37)16-20-47/h5,7,9,11-14,21-22,27,35,37,45,48-49H,2-4,6,8,10,15-20,23-25H2,1H3,(H,46,50)(H,51,52)/t35-,37-/m0/s1. The van der Waals surface area contributed by atoms with Crippen molar-refractivity contribution in [3.05, 3.63) is 103 Å². The molecule has 2 bridgehead atoms. The number of aliphatic hydroxyl groups is 1. The van der Waals surface area contributed by atoms with Crippen LogP contribution < -0.4 is 15.6 Å². The third-order valence-corrected chi connectivity index (χ3v) is 12.6. The van der Waals surface area contributed by atoms with E-state index in [0.717, 1.165) is 75.7 Å². The molecule has 11 nitrogen and oxygen atoms in total. The monoisotopic (exact) mass is 771 g/mol. The zero-order valence-electron chi connectivity index (χ0n) is 31.2. The van der Waals surface area contributed by atoms with E-state index >= 15 is 0 Å². The number of pyridine rings is 1. The van der Waals surface area contributed by atoms with Gasteiger partial charge >= 0.3 is 11.9 Å². The highest BCUT2D eigenvalue weighted by atomic mass is 35.5. The molecule has 55 heavy (non-hydrogen) atoms. The number of aromatic carboxylic acids is 1. The first-order valence-electron chi connectivity index (χ1n) is 19.5. The van der Waals surface area contributed by atoms with E-state index in [0.29, 0.717) is 53.0 Å². The van der Waals surface area contributed by atoms with E-state index in [1.807, 2.05) is 6.07 Å². The first kappa shape index (κ1) is 38.8. The third-order valence-electron chi connectivity index (χ3n) is 12.1. The lowest BCUT2D eigenvalue weighted by atomic mass is 9.69. The smallest absolute Gasteiger partial charge is 0.337 e. The Bertz CT molecular complexity index is 2100. The van der Waals surface area contributed by atoms with Crippen molar-refractivity contribution in [2.75, 3.05) is 33.3 Å². The van der Waals surface area contributed by atoms with Crippen LogP contribution in [0.25, 0.3) is 10.9 Å². The molecule has 0 unspecified atom stereocenters. The van der Waals surface area contributed by atoms with Gasteiger partial charge in [0.1, 0.15) is 17.6 Å². The zero-order valence-corrected chi connectivity index (χ0v) is 32.0. The highest BCUT2D eigenvalue weighted by molar-refractivity contribution is 6.34. The fraction of sp³-hybridized carbons (Fsp3) is 0.465. The van der Waals surface area contributed by atoms with Gasteiger partial charge in [-0.15, -0.1) is 0 Å². The molecule has 1 saturated carbocycles. The van der Waals surface area contributed by atoms with E-state index < -0.39 is 17.5 Å². The number of aliphatic hydroxyl groups excluding tert-OH is 1. The second-order valence-electron chi connectivity index (χ2n) is 15.4. The maximum absolute atomic E-state index is 14.1. The molecule has 5 N–H and O–H groups in total. The van der Waals surface area contributed by atoms with Crippen LogP contribution in [-0.4, -0.2) is 76.5 Å². The van der Waals surface area contributed by atoms with Gasteiger partial charge in [0.25, 0.3) is 0 Å². The summed E-state index contributed by atoms with van der Waals surface area (Å²) in [5.41, 5.74) is 3.13. The number of phenols is 1. The minimum absolute atomic E-state index is 0.0354. The van der Waals surface area contributed by atoms with Crippen LogP contribution >= 0.6 is 11.6 Å². The summed E-state index contributed by atoms with van der Waals surface area (Å²) < 4.78 is 12.1. The minimum Gasteiger partial charge on any atom is -0.506 e. The van der Waals surface area contributed by atoms with Gasteiger partial charge in [0, 0.05) is 36.7 Å². The second-order valence-corrected chi connectivity index (χ2v) is 15.8. The summed E-state index contributed by atoms with van der Waals surface area (Å²) in [6.07, 6.45) is 7.58. The topological polar surface area (TPSA) is 161 Å². The lowest BCUT2D eigenvalue weighted by Gasteiger charge is -2.45. The number of carboxylic acid groups (broad SMARTS) is 1. The number of methoxy groups -OCH3 is 1. The SMILES string of the molecule is COc1cc(C(=O)O)c(Cl)c(CCCc2cccc(C3(C(=O)O[C@H]4CN5CCC4CC5)CCCCC3)c2)c1CNC[C@H](O)c1ccc(O)c2[nH]c(=O)ccc12. The van der Waals surface area contributed by atoms with Gasteiger partial charge in [-0.1, -0.05) is 61.2 Å². The number of aromatic hydroxyl groups is 1. The minimum atomic E-state index is -1.16. The summed E-state index contributed by atoms with van der Waals surface area (Å²) in [5, 5.41) is 35.4. The Hall–Kier alpha value is -4.42. The number of nitrogens with one attached hydrogen (secondary N) is 2. The van der Waals surface area contributed by atoms with E-state index in [4.69, 9.17) is 21.1 Å². The predicted molar refractivity (Wildman–Crippen MR) is 210 cm³/mol. The number of ether oxygens (including phenoxy) is 2. The lowest BCUT2D eigenvalue weighted by molar-refractivity contribution is -0.167. The zero-order chi connectivity index (χ0) is 38.7. The maximum Gasteiger partial charge on any atom is 0.337 e. The number of phenolic OH excluding ortho intramolecular Hbond substituents is 1. The molecule has 4 aromatic rings. The number of halogens is 1. The fourth-order valence-electron chi connectivity index (χ4n) is 9.07. The third kappa shape index (κ3) is 8.12. The number of fused-ring (bicyclic) bond motifs is 4. The van der Waals surface area contributed by atoms with Crippen LogP contribution in [0.1, 0.15) is 95.6 Å². The van der Waals surface area contributed by atoms with Crippen LogP contribution in [0.5, 0.6) is 11.5 Å². The van der Waals surface area contributed by atoms with Crippen LogP contribution in [0.15, 0.2) is 59.4 Å². The molecule has 0 spiro atoms. The highest BCUT2D eigenvalue weighted by Gasteiger charge is 2.46. The molecular formula is C43H50ClN3O8. The first-order chi connectivity index (χ1) is 26.6. The summed E-state index contributed by atoms with van der Waals surface area (Å²) >= 11 is 6.81. The summed E-state index contributed by atoms with van der Waals surface area (Å²) in [5.74, 6) is -0.518. The number of aryl methyl sites for hydroxylation is 1. The van der Waals surface area contributed by atoms with E-state index in [9.17, 15) is 29.7 Å². The Labute approximate surface area is 325 Å². The Morgan fingerprint density at radius 1 is 1.04 bits per heavy atom. The van der Waals surface area contributed by atoms with Gasteiger partial charge in [0.15, 0.2) is 0 Å². The van der Waals surface area contributed by atoms with Crippen LogP contribution in [0.3, 0.4) is 0 Å². The Morgan fingerprint density at radius 3 is 2.53 bits per heavy atom. The average Bonchev–Trinajstić information content (AvgIpc) is 3.20. The number of esters is 1. The summed E-state index contributed by atoms with van der Waals surface area (Å²) in [7, 11) is 1.48. The quantitative estimate of drug-likeness (QED) is 0.0904. The first-order valence-corrected chi connectivity index (χ1v) is 19.8. The summed E-state index contributed by atoms with van der Waals surface area (Å²) in [6, 6.07) is 15.7. The molecule has 3 aromatic carbocycles. The number of carboxylic acids is 1. The van der Waals surface area contributed by atoms with Gasteiger partial charge in [-0.2, -0.15) is 0 Å². The maximum atomic E-state index is 14.1. The molecule has 1 aromatic heterocycles. The highest BCUT2D eigenvalue weighted by Crippen LogP contribution is 2.43. The van der Waals surface area contributed by atoms with Gasteiger partial charge in [0.05, 0.1) is 34.7 Å². The van der Waals surface area contributed by atoms with Crippen molar-refractivity contribution in [2.24, 2.45) is 5.92 Å². The average molecular weight is 772 g/mol.